The van der Waals surface area contributed by atoms with Gasteiger partial charge in [0.25, 0.3) is 0 Å². The van der Waals surface area contributed by atoms with Crippen molar-refractivity contribution >= 4 is 26.4 Å². The fourth-order valence-electron chi connectivity index (χ4n) is 1.04. The summed E-state index contributed by atoms with van der Waals surface area (Å²) < 4.78 is 1.03. The second kappa shape index (κ2) is 2.13. The Labute approximate surface area is 67.9 Å². The molecule has 0 spiro atoms. The standard InChI is InChI=1S/C8H7NOS/c9-8-3-5-1-2-6(10)4-7(5)11-8/h1-4,10H,9H2. The van der Waals surface area contributed by atoms with E-state index in [1.165, 1.54) is 11.3 Å². The fourth-order valence-corrected chi connectivity index (χ4v) is 1.90. The highest BCUT2D eigenvalue weighted by Gasteiger charge is 1.98. The van der Waals surface area contributed by atoms with E-state index in [1.54, 1.807) is 12.1 Å². The van der Waals surface area contributed by atoms with Gasteiger partial charge in [-0.05, 0) is 29.7 Å². The summed E-state index contributed by atoms with van der Waals surface area (Å²) in [5.74, 6) is 0.291. The van der Waals surface area contributed by atoms with Crippen molar-refractivity contribution in [1.82, 2.24) is 0 Å². The van der Waals surface area contributed by atoms with Crippen LogP contribution in [-0.4, -0.2) is 5.11 Å². The molecular weight excluding hydrogens is 158 g/mol. The molecule has 1 aromatic carbocycles. The Kier molecular flexibility index (Phi) is 1.26. The van der Waals surface area contributed by atoms with E-state index in [9.17, 15) is 0 Å². The second-order valence-electron chi connectivity index (χ2n) is 2.37. The molecule has 2 rings (SSSR count). The van der Waals surface area contributed by atoms with Gasteiger partial charge in [-0.25, -0.2) is 0 Å². The van der Waals surface area contributed by atoms with Crippen molar-refractivity contribution in [3.63, 3.8) is 0 Å². The number of fused-ring (bicyclic) bond motifs is 1. The number of anilines is 1. The maximum atomic E-state index is 9.11. The number of thiophene rings is 1. The molecule has 2 aromatic rings. The SMILES string of the molecule is Nc1cc2ccc(O)cc2s1. The lowest BCUT2D eigenvalue weighted by molar-refractivity contribution is 0.476. The largest absolute Gasteiger partial charge is 0.508 e. The topological polar surface area (TPSA) is 46.2 Å². The molecule has 0 aliphatic rings. The third-order valence-electron chi connectivity index (χ3n) is 1.52. The van der Waals surface area contributed by atoms with Crippen LogP contribution in [0, 0.1) is 0 Å². The molecule has 3 N–H and O–H groups in total. The predicted molar refractivity (Wildman–Crippen MR) is 47.9 cm³/mol. The summed E-state index contributed by atoms with van der Waals surface area (Å²) in [6, 6.07) is 7.14. The van der Waals surface area contributed by atoms with Crippen LogP contribution < -0.4 is 5.73 Å². The number of phenols is 1. The zero-order chi connectivity index (χ0) is 7.84. The fraction of sp³-hybridized carbons (Fsp3) is 0. The van der Waals surface area contributed by atoms with Crippen molar-refractivity contribution in [2.24, 2.45) is 0 Å². The smallest absolute Gasteiger partial charge is 0.117 e. The number of aromatic hydroxyl groups is 1. The monoisotopic (exact) mass is 165 g/mol. The van der Waals surface area contributed by atoms with Crippen LogP contribution >= 0.6 is 11.3 Å². The second-order valence-corrected chi connectivity index (χ2v) is 3.49. The Morgan fingerprint density at radius 2 is 2.09 bits per heavy atom. The van der Waals surface area contributed by atoms with Gasteiger partial charge in [-0.15, -0.1) is 11.3 Å². The first-order valence-electron chi connectivity index (χ1n) is 3.24. The highest BCUT2D eigenvalue weighted by atomic mass is 32.1. The number of benzene rings is 1. The van der Waals surface area contributed by atoms with Gasteiger partial charge in [0.2, 0.25) is 0 Å². The van der Waals surface area contributed by atoms with Gasteiger partial charge in [0, 0.05) is 4.70 Å². The molecule has 0 fully saturated rings. The molecule has 11 heavy (non-hydrogen) atoms. The molecule has 0 radical (unpaired) electrons. The van der Waals surface area contributed by atoms with Crippen molar-refractivity contribution < 1.29 is 5.11 Å². The average molecular weight is 165 g/mol. The summed E-state index contributed by atoms with van der Waals surface area (Å²) in [4.78, 5) is 0. The lowest BCUT2D eigenvalue weighted by Crippen LogP contribution is -1.72. The van der Waals surface area contributed by atoms with Crippen LogP contribution in [0.2, 0.25) is 0 Å². The minimum atomic E-state index is 0.291. The molecule has 0 bridgehead atoms. The number of rotatable bonds is 0. The van der Waals surface area contributed by atoms with Crippen LogP contribution in [0.25, 0.3) is 10.1 Å². The van der Waals surface area contributed by atoms with Crippen molar-refractivity contribution in [1.29, 1.82) is 0 Å². The Balaban J connectivity index is 2.82. The third kappa shape index (κ3) is 1.03. The zero-order valence-electron chi connectivity index (χ0n) is 5.74. The Bertz CT molecular complexity index is 394. The number of nitrogens with two attached hydrogens (primary N) is 1. The maximum Gasteiger partial charge on any atom is 0.117 e. The van der Waals surface area contributed by atoms with Gasteiger partial charge in [0.15, 0.2) is 0 Å². The van der Waals surface area contributed by atoms with Crippen LogP contribution in [-0.2, 0) is 0 Å². The minimum absolute atomic E-state index is 0.291. The summed E-state index contributed by atoms with van der Waals surface area (Å²) in [6.07, 6.45) is 0. The van der Waals surface area contributed by atoms with E-state index in [2.05, 4.69) is 0 Å². The molecule has 2 nitrogen and oxygen atoms in total. The maximum absolute atomic E-state index is 9.11. The summed E-state index contributed by atoms with van der Waals surface area (Å²) in [6.45, 7) is 0. The van der Waals surface area contributed by atoms with Crippen LogP contribution in [0.3, 0.4) is 0 Å². The van der Waals surface area contributed by atoms with E-state index in [4.69, 9.17) is 10.8 Å². The highest BCUT2D eigenvalue weighted by Crippen LogP contribution is 2.29. The molecule has 0 aliphatic carbocycles. The Morgan fingerprint density at radius 3 is 2.91 bits per heavy atom. The Morgan fingerprint density at radius 1 is 1.27 bits per heavy atom. The summed E-state index contributed by atoms with van der Waals surface area (Å²) in [5.41, 5.74) is 5.58. The molecule has 3 heteroatoms. The van der Waals surface area contributed by atoms with Gasteiger partial charge in [0.1, 0.15) is 5.75 Å². The molecule has 0 amide bonds. The first-order chi connectivity index (χ1) is 5.25. The average Bonchev–Trinajstić information content (AvgIpc) is 2.27. The van der Waals surface area contributed by atoms with E-state index >= 15 is 0 Å². The lowest BCUT2D eigenvalue weighted by atomic mass is 10.2. The van der Waals surface area contributed by atoms with E-state index in [-0.39, 0.29) is 0 Å². The number of nitrogen functional groups attached to an aromatic ring is 1. The molecule has 1 aromatic heterocycles. The summed E-state index contributed by atoms with van der Waals surface area (Å²) >= 11 is 1.48. The van der Waals surface area contributed by atoms with Crippen molar-refractivity contribution in [2.75, 3.05) is 5.73 Å². The summed E-state index contributed by atoms with van der Waals surface area (Å²) in [5, 5.41) is 11.0. The van der Waals surface area contributed by atoms with Gasteiger partial charge in [-0.3, -0.25) is 0 Å². The number of hydrogen-bond acceptors (Lipinski definition) is 3. The highest BCUT2D eigenvalue weighted by molar-refractivity contribution is 7.22. The molecule has 0 saturated carbocycles. The van der Waals surface area contributed by atoms with Gasteiger partial charge < -0.3 is 10.8 Å². The normalized spacial score (nSPS) is 10.5. The third-order valence-corrected chi connectivity index (χ3v) is 2.45. The molecule has 56 valence electrons. The van der Waals surface area contributed by atoms with Gasteiger partial charge >= 0.3 is 0 Å². The van der Waals surface area contributed by atoms with Crippen LogP contribution in [0.4, 0.5) is 5.00 Å². The van der Waals surface area contributed by atoms with Crippen molar-refractivity contribution in [3.8, 4) is 5.75 Å². The molecule has 0 unspecified atom stereocenters. The quantitative estimate of drug-likeness (QED) is 0.628. The number of phenolic OH excluding ortho intramolecular Hbond substituents is 1. The number of hydrogen-bond donors (Lipinski definition) is 2. The Hall–Kier alpha value is -1.22. The minimum Gasteiger partial charge on any atom is -0.508 e. The van der Waals surface area contributed by atoms with Crippen LogP contribution in [0.5, 0.6) is 5.75 Å². The van der Waals surface area contributed by atoms with Crippen molar-refractivity contribution in [2.45, 2.75) is 0 Å². The van der Waals surface area contributed by atoms with Crippen LogP contribution in [0.15, 0.2) is 24.3 Å². The van der Waals surface area contributed by atoms with Crippen LogP contribution in [0.1, 0.15) is 0 Å². The van der Waals surface area contributed by atoms with E-state index in [1.807, 2.05) is 12.1 Å². The molecular formula is C8H7NOS. The van der Waals surface area contributed by atoms with Gasteiger partial charge in [-0.2, -0.15) is 0 Å². The van der Waals surface area contributed by atoms with E-state index < -0.39 is 0 Å². The van der Waals surface area contributed by atoms with Gasteiger partial charge in [-0.1, -0.05) is 0 Å². The van der Waals surface area contributed by atoms with E-state index in [0.29, 0.717) is 5.75 Å². The van der Waals surface area contributed by atoms with Gasteiger partial charge in [0.05, 0.1) is 5.00 Å². The summed E-state index contributed by atoms with van der Waals surface area (Å²) in [7, 11) is 0. The lowest BCUT2D eigenvalue weighted by Gasteiger charge is -1.88. The molecule has 0 aliphatic heterocycles. The van der Waals surface area contributed by atoms with Crippen molar-refractivity contribution in [3.05, 3.63) is 24.3 Å². The molecule has 1 heterocycles. The molecule has 0 saturated heterocycles. The first-order valence-corrected chi connectivity index (χ1v) is 4.05. The predicted octanol–water partition coefficient (Wildman–Crippen LogP) is 2.19. The molecule has 0 atom stereocenters. The zero-order valence-corrected chi connectivity index (χ0v) is 6.56. The first kappa shape index (κ1) is 6.49. The van der Waals surface area contributed by atoms with E-state index in [0.717, 1.165) is 15.1 Å².